The van der Waals surface area contributed by atoms with E-state index in [4.69, 9.17) is 0 Å². The predicted molar refractivity (Wildman–Crippen MR) is 101 cm³/mol. The van der Waals surface area contributed by atoms with Crippen LogP contribution in [0.25, 0.3) is 0 Å². The van der Waals surface area contributed by atoms with Crippen LogP contribution in [0.5, 0.6) is 5.75 Å². The van der Waals surface area contributed by atoms with Gasteiger partial charge in [0.15, 0.2) is 0 Å². The van der Waals surface area contributed by atoms with Crippen LogP contribution in [0.4, 0.5) is 0 Å². The van der Waals surface area contributed by atoms with Crippen LogP contribution < -0.4 is 0 Å². The zero-order chi connectivity index (χ0) is 18.7. The van der Waals surface area contributed by atoms with E-state index in [2.05, 4.69) is 12.2 Å². The fraction of sp³-hybridized carbons (Fsp3) is 0.522. The number of aliphatic hydroxyl groups excluding tert-OH is 1. The Bertz CT molecular complexity index is 808. The molecule has 4 nitrogen and oxygen atoms in total. The summed E-state index contributed by atoms with van der Waals surface area (Å²) in [7, 11) is 0. The Balaban J connectivity index is 1.29. The summed E-state index contributed by atoms with van der Waals surface area (Å²) in [6.45, 7) is 0. The van der Waals surface area contributed by atoms with E-state index in [-0.39, 0.29) is 11.8 Å². The Morgan fingerprint density at radius 3 is 2.59 bits per heavy atom. The number of carboxylic acid groups (broad SMARTS) is 1. The number of aliphatic hydroxyl groups is 1. The minimum atomic E-state index is -0.881. The van der Waals surface area contributed by atoms with E-state index >= 15 is 0 Å². The highest BCUT2D eigenvalue weighted by molar-refractivity contribution is 5.88. The molecule has 4 heteroatoms. The first-order valence-corrected chi connectivity index (χ1v) is 10.1. The van der Waals surface area contributed by atoms with Gasteiger partial charge in [-0.25, -0.2) is 4.79 Å². The van der Waals surface area contributed by atoms with Crippen LogP contribution in [-0.4, -0.2) is 27.4 Å². The Kier molecular flexibility index (Phi) is 3.94. The molecule has 3 N–H and O–H groups in total. The van der Waals surface area contributed by atoms with Crippen molar-refractivity contribution < 1.29 is 20.1 Å². The molecule has 0 radical (unpaired) electrons. The summed E-state index contributed by atoms with van der Waals surface area (Å²) in [4.78, 5) is 11.6. The molecule has 5 rings (SSSR count). The second kappa shape index (κ2) is 6.23. The average Bonchev–Trinajstić information content (AvgIpc) is 3.01. The van der Waals surface area contributed by atoms with Gasteiger partial charge in [-0.3, -0.25) is 0 Å². The number of hydrogen-bond donors (Lipinski definition) is 3. The molecule has 2 saturated carbocycles. The molecule has 0 aliphatic heterocycles. The monoisotopic (exact) mass is 366 g/mol. The van der Waals surface area contributed by atoms with Gasteiger partial charge in [0.2, 0.25) is 0 Å². The van der Waals surface area contributed by atoms with Gasteiger partial charge >= 0.3 is 5.97 Å². The lowest BCUT2D eigenvalue weighted by molar-refractivity contribution is -0.134. The first kappa shape index (κ1) is 17.1. The van der Waals surface area contributed by atoms with Crippen molar-refractivity contribution in [2.45, 2.75) is 31.8 Å². The van der Waals surface area contributed by atoms with Crippen LogP contribution in [0, 0.1) is 41.4 Å². The number of phenols is 1. The normalized spacial score (nSPS) is 40.9. The standard InChI is InChI=1S/C23H26O4/c24-13-6-4-12(5-7-13)2-1-3-14-15-8-9-16-18(23(26)27)11-20(25)19-10-17(14)21(15)22(16)19/h4-9,11,14-17,19-22,24-25H,1-3,10H2,(H,26,27). The van der Waals surface area contributed by atoms with E-state index in [1.165, 1.54) is 12.0 Å². The van der Waals surface area contributed by atoms with E-state index in [9.17, 15) is 20.1 Å². The van der Waals surface area contributed by atoms with Crippen molar-refractivity contribution in [1.29, 1.82) is 0 Å². The van der Waals surface area contributed by atoms with Crippen molar-refractivity contribution in [3.05, 3.63) is 53.6 Å². The Morgan fingerprint density at radius 1 is 1.07 bits per heavy atom. The molecule has 0 bridgehead atoms. The molecule has 4 aliphatic rings. The molecule has 27 heavy (non-hydrogen) atoms. The molecule has 8 unspecified atom stereocenters. The van der Waals surface area contributed by atoms with Crippen LogP contribution in [0.2, 0.25) is 0 Å². The maximum atomic E-state index is 11.6. The molecular formula is C23H26O4. The summed E-state index contributed by atoms with van der Waals surface area (Å²) in [5.41, 5.74) is 1.66. The second-order valence-corrected chi connectivity index (χ2v) is 8.85. The zero-order valence-corrected chi connectivity index (χ0v) is 15.2. The molecule has 0 spiro atoms. The summed E-state index contributed by atoms with van der Waals surface area (Å²) < 4.78 is 0. The van der Waals surface area contributed by atoms with Crippen LogP contribution in [0.15, 0.2) is 48.1 Å². The number of benzene rings is 1. The highest BCUT2D eigenvalue weighted by atomic mass is 16.4. The third kappa shape index (κ3) is 2.57. The van der Waals surface area contributed by atoms with Crippen molar-refractivity contribution >= 4 is 5.97 Å². The van der Waals surface area contributed by atoms with Crippen molar-refractivity contribution in [2.75, 3.05) is 0 Å². The third-order valence-electron chi connectivity index (χ3n) is 7.76. The number of carboxylic acids is 1. The Labute approximate surface area is 159 Å². The summed E-state index contributed by atoms with van der Waals surface area (Å²) in [6.07, 6.45) is 9.77. The van der Waals surface area contributed by atoms with Crippen molar-refractivity contribution in [3.63, 3.8) is 0 Å². The molecule has 4 aliphatic carbocycles. The molecule has 0 aromatic heterocycles. The van der Waals surface area contributed by atoms with Crippen molar-refractivity contribution in [2.24, 2.45) is 41.4 Å². The molecule has 1 aromatic rings. The van der Waals surface area contributed by atoms with Gasteiger partial charge < -0.3 is 15.3 Å². The van der Waals surface area contributed by atoms with Crippen LogP contribution >= 0.6 is 0 Å². The first-order chi connectivity index (χ1) is 13.0. The summed E-state index contributed by atoms with van der Waals surface area (Å²) in [5.74, 6) is 2.36. The van der Waals surface area contributed by atoms with E-state index in [1.54, 1.807) is 18.2 Å². The van der Waals surface area contributed by atoms with Crippen LogP contribution in [0.3, 0.4) is 0 Å². The van der Waals surface area contributed by atoms with Gasteiger partial charge in [0, 0.05) is 11.5 Å². The van der Waals surface area contributed by atoms with Gasteiger partial charge in [0.1, 0.15) is 5.75 Å². The smallest absolute Gasteiger partial charge is 0.331 e. The first-order valence-electron chi connectivity index (χ1n) is 10.1. The fourth-order valence-electron chi connectivity index (χ4n) is 6.70. The molecule has 0 heterocycles. The lowest BCUT2D eigenvalue weighted by atomic mass is 9.50. The highest BCUT2D eigenvalue weighted by Gasteiger charge is 2.63. The van der Waals surface area contributed by atoms with Gasteiger partial charge in [-0.1, -0.05) is 24.3 Å². The second-order valence-electron chi connectivity index (χ2n) is 8.85. The van der Waals surface area contributed by atoms with Gasteiger partial charge in [-0.05, 0) is 85.0 Å². The molecule has 8 atom stereocenters. The number of allylic oxidation sites excluding steroid dienone is 2. The molecule has 142 valence electrons. The molecule has 2 fully saturated rings. The van der Waals surface area contributed by atoms with Crippen LogP contribution in [0.1, 0.15) is 24.8 Å². The summed E-state index contributed by atoms with van der Waals surface area (Å²) >= 11 is 0. The van der Waals surface area contributed by atoms with Crippen molar-refractivity contribution in [3.8, 4) is 5.75 Å². The van der Waals surface area contributed by atoms with Crippen LogP contribution in [-0.2, 0) is 11.2 Å². The minimum absolute atomic E-state index is 0.0138. The maximum Gasteiger partial charge on any atom is 0.331 e. The minimum Gasteiger partial charge on any atom is -0.508 e. The topological polar surface area (TPSA) is 77.8 Å². The summed E-state index contributed by atoms with van der Waals surface area (Å²) in [6, 6.07) is 7.47. The third-order valence-corrected chi connectivity index (χ3v) is 7.76. The largest absolute Gasteiger partial charge is 0.508 e. The number of aromatic hydroxyl groups is 1. The van der Waals surface area contributed by atoms with Gasteiger partial charge in [0.05, 0.1) is 6.10 Å². The van der Waals surface area contributed by atoms with Gasteiger partial charge in [-0.2, -0.15) is 0 Å². The number of rotatable bonds is 5. The SMILES string of the molecule is O=C(O)C1=CC(O)C2CC3C(CCCc4ccc(O)cc4)C4C=CC1C2C43. The maximum absolute atomic E-state index is 11.6. The average molecular weight is 366 g/mol. The number of carbonyl (C=O) groups is 1. The highest BCUT2D eigenvalue weighted by Crippen LogP contribution is 2.67. The quantitative estimate of drug-likeness (QED) is 0.698. The zero-order valence-electron chi connectivity index (χ0n) is 15.2. The molecular weight excluding hydrogens is 340 g/mol. The van der Waals surface area contributed by atoms with E-state index < -0.39 is 12.1 Å². The lowest BCUT2D eigenvalue weighted by Gasteiger charge is -2.54. The number of phenolic OH excluding ortho intramolecular Hbond substituents is 1. The molecule has 0 amide bonds. The Hall–Kier alpha value is -2.07. The van der Waals surface area contributed by atoms with E-state index in [0.717, 1.165) is 19.3 Å². The van der Waals surface area contributed by atoms with E-state index in [1.807, 2.05) is 12.1 Å². The van der Waals surface area contributed by atoms with Gasteiger partial charge in [-0.15, -0.1) is 0 Å². The molecule has 1 aromatic carbocycles. The van der Waals surface area contributed by atoms with Crippen molar-refractivity contribution in [1.82, 2.24) is 0 Å². The Morgan fingerprint density at radius 2 is 1.85 bits per heavy atom. The summed E-state index contributed by atoms with van der Waals surface area (Å²) in [5, 5.41) is 29.5. The van der Waals surface area contributed by atoms with E-state index in [0.29, 0.717) is 40.9 Å². The van der Waals surface area contributed by atoms with Gasteiger partial charge in [0.25, 0.3) is 0 Å². The number of aliphatic carboxylic acids is 1. The fourth-order valence-corrected chi connectivity index (χ4v) is 6.70. The predicted octanol–water partition coefficient (Wildman–Crippen LogP) is 3.40. The molecule has 0 saturated heterocycles. The lowest BCUT2D eigenvalue weighted by Crippen LogP contribution is -2.50. The number of hydrogen-bond acceptors (Lipinski definition) is 3. The number of aryl methyl sites for hydroxylation is 1.